The van der Waals surface area contributed by atoms with Gasteiger partial charge in [-0.15, -0.1) is 0 Å². The summed E-state index contributed by atoms with van der Waals surface area (Å²) in [4.78, 5) is 14.0. The Morgan fingerprint density at radius 3 is 2.89 bits per heavy atom. The Bertz CT molecular complexity index is 430. The van der Waals surface area contributed by atoms with Crippen molar-refractivity contribution in [3.8, 4) is 0 Å². The molecule has 2 heterocycles. The van der Waals surface area contributed by atoms with E-state index in [1.165, 1.54) is 0 Å². The first-order valence-corrected chi connectivity index (χ1v) is 7.08. The van der Waals surface area contributed by atoms with Crippen LogP contribution in [0.25, 0.3) is 0 Å². The van der Waals surface area contributed by atoms with Gasteiger partial charge in [0.1, 0.15) is 11.8 Å². The molecule has 1 saturated heterocycles. The van der Waals surface area contributed by atoms with Crippen molar-refractivity contribution in [2.45, 2.75) is 38.8 Å². The predicted molar refractivity (Wildman–Crippen MR) is 72.9 cm³/mol. The maximum Gasteiger partial charge on any atom is 0.223 e. The molecule has 2 unspecified atom stereocenters. The molecule has 2 N–H and O–H groups in total. The molecule has 0 radical (unpaired) electrons. The third-order valence-electron chi connectivity index (χ3n) is 3.23. The van der Waals surface area contributed by atoms with Crippen molar-refractivity contribution in [1.82, 2.24) is 4.90 Å². The standard InChI is InChI=1S/C13H19BrN2O2/c1-8(2)7-16-11(17)4-3-10(15)12(16)13-9(14)5-6-18-13/h5-6,8,10,12H,3-4,7,15H2,1-2H3. The molecule has 18 heavy (non-hydrogen) atoms. The highest BCUT2D eigenvalue weighted by molar-refractivity contribution is 9.10. The van der Waals surface area contributed by atoms with E-state index in [-0.39, 0.29) is 18.0 Å². The molecule has 5 heteroatoms. The van der Waals surface area contributed by atoms with Crippen molar-refractivity contribution in [2.24, 2.45) is 11.7 Å². The number of furan rings is 1. The lowest BCUT2D eigenvalue weighted by molar-refractivity contribution is -0.138. The number of piperidine rings is 1. The zero-order valence-electron chi connectivity index (χ0n) is 10.7. The van der Waals surface area contributed by atoms with E-state index in [9.17, 15) is 4.79 Å². The molecular formula is C13H19BrN2O2. The Hall–Kier alpha value is -0.810. The summed E-state index contributed by atoms with van der Waals surface area (Å²) in [5.41, 5.74) is 6.19. The minimum absolute atomic E-state index is 0.0658. The average Bonchev–Trinajstić information content (AvgIpc) is 2.70. The number of nitrogens with zero attached hydrogens (tertiary/aromatic N) is 1. The summed E-state index contributed by atoms with van der Waals surface area (Å²) in [6.07, 6.45) is 2.87. The Kier molecular flexibility index (Phi) is 4.12. The second-order valence-corrected chi connectivity index (χ2v) is 6.07. The van der Waals surface area contributed by atoms with Gasteiger partial charge in [-0.2, -0.15) is 0 Å². The highest BCUT2D eigenvalue weighted by atomic mass is 79.9. The van der Waals surface area contributed by atoms with E-state index < -0.39 is 0 Å². The van der Waals surface area contributed by atoms with E-state index >= 15 is 0 Å². The Balaban J connectivity index is 2.32. The lowest BCUT2D eigenvalue weighted by Crippen LogP contribution is -2.49. The van der Waals surface area contributed by atoms with Gasteiger partial charge in [0, 0.05) is 19.0 Å². The second-order valence-electron chi connectivity index (χ2n) is 5.22. The maximum atomic E-state index is 12.1. The number of carbonyl (C=O) groups excluding carboxylic acids is 1. The van der Waals surface area contributed by atoms with Crippen LogP contribution >= 0.6 is 15.9 Å². The molecule has 4 nitrogen and oxygen atoms in total. The van der Waals surface area contributed by atoms with Gasteiger partial charge in [0.15, 0.2) is 0 Å². The number of hydrogen-bond donors (Lipinski definition) is 1. The molecule has 0 aromatic carbocycles. The van der Waals surface area contributed by atoms with E-state index in [4.69, 9.17) is 10.2 Å². The van der Waals surface area contributed by atoms with Crippen LogP contribution in [-0.2, 0) is 4.79 Å². The van der Waals surface area contributed by atoms with Gasteiger partial charge in [0.2, 0.25) is 5.91 Å². The van der Waals surface area contributed by atoms with Crippen LogP contribution in [0, 0.1) is 5.92 Å². The summed E-state index contributed by atoms with van der Waals surface area (Å²) in [5, 5.41) is 0. The molecule has 1 fully saturated rings. The fraction of sp³-hybridized carbons (Fsp3) is 0.615. The average molecular weight is 315 g/mol. The topological polar surface area (TPSA) is 59.5 Å². The highest BCUT2D eigenvalue weighted by Gasteiger charge is 2.37. The molecule has 1 aliphatic heterocycles. The predicted octanol–water partition coefficient (Wildman–Crippen LogP) is 2.69. The molecule has 1 aliphatic rings. The van der Waals surface area contributed by atoms with Crippen LogP contribution in [0.4, 0.5) is 0 Å². The van der Waals surface area contributed by atoms with Crippen LogP contribution in [0.3, 0.4) is 0 Å². The largest absolute Gasteiger partial charge is 0.466 e. The lowest BCUT2D eigenvalue weighted by Gasteiger charge is -2.39. The van der Waals surface area contributed by atoms with Crippen molar-refractivity contribution in [3.63, 3.8) is 0 Å². The molecular weight excluding hydrogens is 296 g/mol. The van der Waals surface area contributed by atoms with E-state index in [0.29, 0.717) is 25.3 Å². The smallest absolute Gasteiger partial charge is 0.223 e. The molecule has 1 aromatic rings. The summed E-state index contributed by atoms with van der Waals surface area (Å²) in [6, 6.07) is 1.62. The van der Waals surface area contributed by atoms with E-state index in [0.717, 1.165) is 10.2 Å². The molecule has 100 valence electrons. The van der Waals surface area contributed by atoms with Crippen molar-refractivity contribution in [1.29, 1.82) is 0 Å². The number of amides is 1. The van der Waals surface area contributed by atoms with Gasteiger partial charge < -0.3 is 15.1 Å². The van der Waals surface area contributed by atoms with Gasteiger partial charge in [-0.3, -0.25) is 4.79 Å². The number of nitrogens with two attached hydrogens (primary N) is 1. The maximum absolute atomic E-state index is 12.1. The van der Waals surface area contributed by atoms with Crippen molar-refractivity contribution >= 4 is 21.8 Å². The van der Waals surface area contributed by atoms with Gasteiger partial charge >= 0.3 is 0 Å². The van der Waals surface area contributed by atoms with Crippen LogP contribution < -0.4 is 5.73 Å². The van der Waals surface area contributed by atoms with Crippen LogP contribution in [-0.4, -0.2) is 23.4 Å². The Morgan fingerprint density at radius 2 is 2.33 bits per heavy atom. The number of likely N-dealkylation sites (tertiary alicyclic amines) is 1. The fourth-order valence-corrected chi connectivity index (χ4v) is 2.88. The third-order valence-corrected chi connectivity index (χ3v) is 3.88. The summed E-state index contributed by atoms with van der Waals surface area (Å²) < 4.78 is 6.39. The highest BCUT2D eigenvalue weighted by Crippen LogP contribution is 2.35. The summed E-state index contributed by atoms with van der Waals surface area (Å²) >= 11 is 3.46. The molecule has 0 aliphatic carbocycles. The monoisotopic (exact) mass is 314 g/mol. The van der Waals surface area contributed by atoms with Gasteiger partial charge in [-0.05, 0) is 34.3 Å². The molecule has 1 aromatic heterocycles. The zero-order chi connectivity index (χ0) is 13.3. The van der Waals surface area contributed by atoms with Gasteiger partial charge in [-0.25, -0.2) is 0 Å². The van der Waals surface area contributed by atoms with Crippen molar-refractivity contribution in [2.75, 3.05) is 6.54 Å². The summed E-state index contributed by atoms with van der Waals surface area (Å²) in [5.74, 6) is 1.34. The second kappa shape index (κ2) is 5.45. The third kappa shape index (κ3) is 2.62. The molecule has 0 saturated carbocycles. The van der Waals surface area contributed by atoms with E-state index in [1.807, 2.05) is 11.0 Å². The molecule has 2 atom stereocenters. The van der Waals surface area contributed by atoms with Crippen LogP contribution in [0.15, 0.2) is 21.2 Å². The van der Waals surface area contributed by atoms with E-state index in [1.54, 1.807) is 6.26 Å². The van der Waals surface area contributed by atoms with Crippen LogP contribution in [0.1, 0.15) is 38.5 Å². The quantitative estimate of drug-likeness (QED) is 0.933. The summed E-state index contributed by atoms with van der Waals surface area (Å²) in [6.45, 7) is 4.91. The van der Waals surface area contributed by atoms with Crippen molar-refractivity contribution in [3.05, 3.63) is 22.6 Å². The molecule has 0 bridgehead atoms. The van der Waals surface area contributed by atoms with Crippen molar-refractivity contribution < 1.29 is 9.21 Å². The molecule has 1 amide bonds. The lowest BCUT2D eigenvalue weighted by atomic mass is 9.93. The van der Waals surface area contributed by atoms with Crippen LogP contribution in [0.2, 0.25) is 0 Å². The number of halogens is 1. The summed E-state index contributed by atoms with van der Waals surface area (Å²) in [7, 11) is 0. The normalized spacial score (nSPS) is 24.9. The van der Waals surface area contributed by atoms with Gasteiger partial charge in [0.05, 0.1) is 10.7 Å². The fourth-order valence-electron chi connectivity index (χ4n) is 2.44. The number of hydrogen-bond acceptors (Lipinski definition) is 3. The minimum Gasteiger partial charge on any atom is -0.466 e. The first kappa shape index (κ1) is 13.6. The Morgan fingerprint density at radius 1 is 1.61 bits per heavy atom. The molecule has 2 rings (SSSR count). The first-order chi connectivity index (χ1) is 8.50. The van der Waals surface area contributed by atoms with Gasteiger partial charge in [0.25, 0.3) is 0 Å². The van der Waals surface area contributed by atoms with Crippen LogP contribution in [0.5, 0.6) is 0 Å². The SMILES string of the molecule is CC(C)CN1C(=O)CCC(N)C1c1occc1Br. The van der Waals surface area contributed by atoms with E-state index in [2.05, 4.69) is 29.8 Å². The zero-order valence-corrected chi connectivity index (χ0v) is 12.3. The van der Waals surface area contributed by atoms with Gasteiger partial charge in [-0.1, -0.05) is 13.8 Å². The Labute approximate surface area is 116 Å². The first-order valence-electron chi connectivity index (χ1n) is 6.28. The number of rotatable bonds is 3. The molecule has 0 spiro atoms. The minimum atomic E-state index is -0.155. The number of carbonyl (C=O) groups is 1.